The highest BCUT2D eigenvalue weighted by Gasteiger charge is 2.21. The normalized spacial score (nSPS) is 14.5. The number of aryl methyl sites for hydroxylation is 1. The Labute approximate surface area is 141 Å². The average Bonchev–Trinajstić information content (AvgIpc) is 3.05. The lowest BCUT2D eigenvalue weighted by molar-refractivity contribution is 0.282. The number of pyridine rings is 1. The van der Waals surface area contributed by atoms with Gasteiger partial charge in [0.05, 0.1) is 0 Å². The first-order chi connectivity index (χ1) is 11.3. The average molecular weight is 330 g/mol. The van der Waals surface area contributed by atoms with Gasteiger partial charge in [0.25, 0.3) is 0 Å². The van der Waals surface area contributed by atoms with Gasteiger partial charge in [0.2, 0.25) is 0 Å². The summed E-state index contributed by atoms with van der Waals surface area (Å²) in [5.74, 6) is 2.64. The Morgan fingerprint density at radius 3 is 2.83 bits per heavy atom. The molecule has 0 spiro atoms. The summed E-state index contributed by atoms with van der Waals surface area (Å²) in [5.41, 5.74) is 3.38. The fourth-order valence-corrected chi connectivity index (χ4v) is 3.58. The molecule has 0 saturated carbocycles. The second-order valence-corrected chi connectivity index (χ2v) is 6.63. The van der Waals surface area contributed by atoms with E-state index in [1.54, 1.807) is 24.2 Å². The number of aliphatic hydroxyl groups excluding tert-OH is 1. The fourth-order valence-electron chi connectivity index (χ4n) is 2.93. The van der Waals surface area contributed by atoms with Gasteiger partial charge in [-0.05, 0) is 44.1 Å². The van der Waals surface area contributed by atoms with Crippen molar-refractivity contribution in [3.05, 3.63) is 35.8 Å². The molecule has 6 heteroatoms. The van der Waals surface area contributed by atoms with Crippen LogP contribution in [-0.4, -0.2) is 44.7 Å². The maximum Gasteiger partial charge on any atom is 0.161 e. The van der Waals surface area contributed by atoms with Crippen molar-refractivity contribution in [1.29, 1.82) is 0 Å². The smallest absolute Gasteiger partial charge is 0.161 e. The van der Waals surface area contributed by atoms with Crippen LogP contribution in [-0.2, 0) is 12.8 Å². The van der Waals surface area contributed by atoms with Crippen LogP contribution in [0.25, 0.3) is 11.4 Å². The number of hydrogen-bond donors (Lipinski definition) is 2. The first kappa shape index (κ1) is 16.2. The molecule has 23 heavy (non-hydrogen) atoms. The van der Waals surface area contributed by atoms with Gasteiger partial charge in [0, 0.05) is 47.6 Å². The van der Waals surface area contributed by atoms with Crippen molar-refractivity contribution >= 4 is 17.6 Å². The van der Waals surface area contributed by atoms with Crippen LogP contribution in [0.4, 0.5) is 5.82 Å². The quantitative estimate of drug-likeness (QED) is 0.813. The standard InChI is InChI=1S/C17H22N4OS/c1-23-11-13(7-10-22)19-17-14-3-2-4-15(14)20-16(21-17)12-5-8-18-9-6-12/h5-6,8-9,13,22H,2-4,7,10-11H2,1H3,(H,19,20,21). The molecule has 0 bridgehead atoms. The Balaban J connectivity index is 1.94. The summed E-state index contributed by atoms with van der Waals surface area (Å²) in [5, 5.41) is 12.8. The summed E-state index contributed by atoms with van der Waals surface area (Å²) >= 11 is 1.78. The molecule has 0 amide bonds. The molecule has 1 aliphatic rings. The Hall–Kier alpha value is -1.66. The van der Waals surface area contributed by atoms with Gasteiger partial charge < -0.3 is 10.4 Å². The summed E-state index contributed by atoms with van der Waals surface area (Å²) in [4.78, 5) is 13.6. The van der Waals surface area contributed by atoms with E-state index >= 15 is 0 Å². The summed E-state index contributed by atoms with van der Waals surface area (Å²) in [6.45, 7) is 0.183. The van der Waals surface area contributed by atoms with Crippen LogP contribution in [0.1, 0.15) is 24.1 Å². The van der Waals surface area contributed by atoms with E-state index in [4.69, 9.17) is 9.97 Å². The fraction of sp³-hybridized carbons (Fsp3) is 0.471. The largest absolute Gasteiger partial charge is 0.396 e. The Bertz CT molecular complexity index is 645. The van der Waals surface area contributed by atoms with Gasteiger partial charge in [-0.2, -0.15) is 11.8 Å². The van der Waals surface area contributed by atoms with Gasteiger partial charge in [0.1, 0.15) is 5.82 Å². The van der Waals surface area contributed by atoms with E-state index < -0.39 is 0 Å². The highest BCUT2D eigenvalue weighted by Crippen LogP contribution is 2.29. The van der Waals surface area contributed by atoms with Crippen molar-refractivity contribution in [1.82, 2.24) is 15.0 Å². The van der Waals surface area contributed by atoms with Gasteiger partial charge in [-0.1, -0.05) is 0 Å². The number of anilines is 1. The third-order valence-corrected chi connectivity index (χ3v) is 4.79. The van der Waals surface area contributed by atoms with Crippen LogP contribution >= 0.6 is 11.8 Å². The Morgan fingerprint density at radius 2 is 2.09 bits per heavy atom. The van der Waals surface area contributed by atoms with E-state index in [0.29, 0.717) is 0 Å². The van der Waals surface area contributed by atoms with E-state index in [1.807, 2.05) is 12.1 Å². The summed E-state index contributed by atoms with van der Waals surface area (Å²) in [7, 11) is 0. The van der Waals surface area contributed by atoms with Crippen molar-refractivity contribution in [3.63, 3.8) is 0 Å². The van der Waals surface area contributed by atoms with Crippen LogP contribution in [0.15, 0.2) is 24.5 Å². The molecule has 0 radical (unpaired) electrons. The second-order valence-electron chi connectivity index (χ2n) is 5.72. The number of fused-ring (bicyclic) bond motifs is 1. The van der Waals surface area contributed by atoms with Crippen LogP contribution in [0.3, 0.4) is 0 Å². The predicted molar refractivity (Wildman–Crippen MR) is 94.8 cm³/mol. The number of aromatic nitrogens is 3. The molecule has 1 aliphatic carbocycles. The minimum absolute atomic E-state index is 0.183. The molecular formula is C17H22N4OS. The third kappa shape index (κ3) is 3.82. The van der Waals surface area contributed by atoms with Crippen LogP contribution < -0.4 is 5.32 Å². The first-order valence-electron chi connectivity index (χ1n) is 7.98. The van der Waals surface area contributed by atoms with Crippen molar-refractivity contribution in [3.8, 4) is 11.4 Å². The van der Waals surface area contributed by atoms with Crippen molar-refractivity contribution < 1.29 is 5.11 Å². The summed E-state index contributed by atoms with van der Waals surface area (Å²) in [6.07, 6.45) is 9.51. The molecule has 0 aromatic carbocycles. The number of hydrogen-bond acceptors (Lipinski definition) is 6. The van der Waals surface area contributed by atoms with Crippen LogP contribution in [0.5, 0.6) is 0 Å². The van der Waals surface area contributed by atoms with Crippen molar-refractivity contribution in [2.45, 2.75) is 31.7 Å². The molecular weight excluding hydrogens is 308 g/mol. The molecule has 2 aromatic rings. The van der Waals surface area contributed by atoms with Gasteiger partial charge in [0.15, 0.2) is 5.82 Å². The Kier molecular flexibility index (Phi) is 5.46. The zero-order chi connectivity index (χ0) is 16.1. The molecule has 1 unspecified atom stereocenters. The lowest BCUT2D eigenvalue weighted by Gasteiger charge is -2.20. The highest BCUT2D eigenvalue weighted by atomic mass is 32.2. The van der Waals surface area contributed by atoms with Gasteiger partial charge >= 0.3 is 0 Å². The molecule has 5 nitrogen and oxygen atoms in total. The lowest BCUT2D eigenvalue weighted by atomic mass is 10.2. The Morgan fingerprint density at radius 1 is 1.26 bits per heavy atom. The van der Waals surface area contributed by atoms with E-state index in [2.05, 4.69) is 16.6 Å². The van der Waals surface area contributed by atoms with Gasteiger partial charge in [-0.25, -0.2) is 9.97 Å². The number of nitrogens with zero attached hydrogens (tertiary/aromatic N) is 3. The van der Waals surface area contributed by atoms with Crippen LogP contribution in [0, 0.1) is 0 Å². The molecule has 0 saturated heterocycles. The number of aliphatic hydroxyl groups is 1. The second kappa shape index (κ2) is 7.75. The SMILES string of the molecule is CSCC(CCO)Nc1nc(-c2ccncc2)nc2c1CCC2. The van der Waals surface area contributed by atoms with E-state index in [0.717, 1.165) is 54.3 Å². The summed E-state index contributed by atoms with van der Waals surface area (Å²) in [6, 6.07) is 4.10. The third-order valence-electron chi connectivity index (χ3n) is 4.06. The zero-order valence-electron chi connectivity index (χ0n) is 13.3. The molecule has 0 fully saturated rings. The predicted octanol–water partition coefficient (Wildman–Crippen LogP) is 2.55. The monoisotopic (exact) mass is 330 g/mol. The topological polar surface area (TPSA) is 70.9 Å². The molecule has 2 aromatic heterocycles. The van der Waals surface area contributed by atoms with Crippen molar-refractivity contribution in [2.75, 3.05) is 23.9 Å². The number of rotatable bonds is 7. The molecule has 0 aliphatic heterocycles. The molecule has 1 atom stereocenters. The number of nitrogens with one attached hydrogen (secondary N) is 1. The maximum absolute atomic E-state index is 9.28. The minimum atomic E-state index is 0.183. The molecule has 3 rings (SSSR count). The summed E-state index contributed by atoms with van der Waals surface area (Å²) < 4.78 is 0. The van der Waals surface area contributed by atoms with Crippen LogP contribution in [0.2, 0.25) is 0 Å². The van der Waals surface area contributed by atoms with E-state index in [1.165, 1.54) is 5.56 Å². The first-order valence-corrected chi connectivity index (χ1v) is 9.37. The highest BCUT2D eigenvalue weighted by molar-refractivity contribution is 7.98. The molecule has 2 heterocycles. The number of thioether (sulfide) groups is 1. The van der Waals surface area contributed by atoms with Crippen molar-refractivity contribution in [2.24, 2.45) is 0 Å². The van der Waals surface area contributed by atoms with Gasteiger partial charge in [-0.3, -0.25) is 4.98 Å². The lowest BCUT2D eigenvalue weighted by Crippen LogP contribution is -2.25. The zero-order valence-corrected chi connectivity index (χ0v) is 14.1. The molecule has 122 valence electrons. The maximum atomic E-state index is 9.28. The molecule has 2 N–H and O–H groups in total. The minimum Gasteiger partial charge on any atom is -0.396 e. The van der Waals surface area contributed by atoms with Gasteiger partial charge in [-0.15, -0.1) is 0 Å². The van der Waals surface area contributed by atoms with E-state index in [9.17, 15) is 5.11 Å². The van der Waals surface area contributed by atoms with E-state index in [-0.39, 0.29) is 12.6 Å².